The van der Waals surface area contributed by atoms with E-state index in [1.165, 1.54) is 18.2 Å². The molecule has 1 N–H and O–H groups in total. The number of hydrogen-bond acceptors (Lipinski definition) is 5. The summed E-state index contributed by atoms with van der Waals surface area (Å²) in [6.07, 6.45) is 1.62. The molecule has 3 rings (SSSR count). The molecule has 0 radical (unpaired) electrons. The van der Waals surface area contributed by atoms with Gasteiger partial charge in [0.2, 0.25) is 0 Å². The minimum atomic E-state index is -1.02. The number of anilines is 1. The minimum absolute atomic E-state index is 0.135. The first-order valence-corrected chi connectivity index (χ1v) is 8.54. The first-order chi connectivity index (χ1) is 12.6. The molecule has 2 aromatic carbocycles. The average molecular weight is 375 g/mol. The number of aliphatic imine (C=N–C) groups is 1. The second kappa shape index (κ2) is 8.21. The molecule has 136 valence electrons. The van der Waals surface area contributed by atoms with Gasteiger partial charge in [0.1, 0.15) is 5.75 Å². The van der Waals surface area contributed by atoms with Gasteiger partial charge in [-0.1, -0.05) is 11.6 Å². The Balaban J connectivity index is 1.86. The predicted molar refractivity (Wildman–Crippen MR) is 102 cm³/mol. The monoisotopic (exact) mass is 374 g/mol. The maximum atomic E-state index is 11.1. The van der Waals surface area contributed by atoms with Gasteiger partial charge in [0.15, 0.2) is 0 Å². The van der Waals surface area contributed by atoms with E-state index in [0.717, 1.165) is 24.3 Å². The topological polar surface area (TPSA) is 71.4 Å². The number of carboxylic acid groups (broad SMARTS) is 1. The van der Waals surface area contributed by atoms with Crippen LogP contribution in [0.3, 0.4) is 0 Å². The van der Waals surface area contributed by atoms with Crippen LogP contribution in [0.15, 0.2) is 41.4 Å². The number of carbonyl (C=O) groups is 1. The fourth-order valence-electron chi connectivity index (χ4n) is 2.71. The van der Waals surface area contributed by atoms with Gasteiger partial charge in [0.25, 0.3) is 0 Å². The molecule has 1 aliphatic heterocycles. The quantitative estimate of drug-likeness (QED) is 0.809. The highest BCUT2D eigenvalue weighted by Crippen LogP contribution is 2.28. The van der Waals surface area contributed by atoms with Crippen LogP contribution < -0.4 is 9.64 Å². The van der Waals surface area contributed by atoms with Crippen molar-refractivity contribution in [3.63, 3.8) is 0 Å². The third-order valence-electron chi connectivity index (χ3n) is 4.13. The molecular formula is C19H19ClN2O4. The van der Waals surface area contributed by atoms with Gasteiger partial charge in [-0.2, -0.15) is 0 Å². The summed E-state index contributed by atoms with van der Waals surface area (Å²) in [5.74, 6) is -0.339. The number of hydrogen-bond donors (Lipinski definition) is 1. The van der Waals surface area contributed by atoms with Gasteiger partial charge < -0.3 is 19.5 Å². The maximum absolute atomic E-state index is 11.1. The zero-order valence-corrected chi connectivity index (χ0v) is 15.1. The number of nitrogens with zero attached hydrogens (tertiary/aromatic N) is 2. The highest BCUT2D eigenvalue weighted by Gasteiger charge is 2.13. The summed E-state index contributed by atoms with van der Waals surface area (Å²) >= 11 is 6.11. The molecule has 0 aliphatic carbocycles. The molecule has 0 aromatic heterocycles. The van der Waals surface area contributed by atoms with E-state index in [-0.39, 0.29) is 5.56 Å². The van der Waals surface area contributed by atoms with E-state index in [4.69, 9.17) is 26.2 Å². The number of rotatable bonds is 5. The van der Waals surface area contributed by atoms with E-state index in [0.29, 0.717) is 29.7 Å². The lowest BCUT2D eigenvalue weighted by atomic mass is 10.1. The van der Waals surface area contributed by atoms with E-state index < -0.39 is 5.97 Å². The Morgan fingerprint density at radius 3 is 2.73 bits per heavy atom. The van der Waals surface area contributed by atoms with Gasteiger partial charge in [-0.15, -0.1) is 0 Å². The van der Waals surface area contributed by atoms with Crippen LogP contribution in [0.1, 0.15) is 15.9 Å². The van der Waals surface area contributed by atoms with Crippen molar-refractivity contribution in [3.8, 4) is 5.75 Å². The lowest BCUT2D eigenvalue weighted by molar-refractivity contribution is 0.0697. The summed E-state index contributed by atoms with van der Waals surface area (Å²) in [6.45, 7) is 3.11. The summed E-state index contributed by atoms with van der Waals surface area (Å²) in [7, 11) is 1.60. The second-order valence-corrected chi connectivity index (χ2v) is 6.16. The summed E-state index contributed by atoms with van der Waals surface area (Å²) < 4.78 is 10.9. The van der Waals surface area contributed by atoms with Crippen LogP contribution in [0.2, 0.25) is 5.02 Å². The van der Waals surface area contributed by atoms with Crippen molar-refractivity contribution >= 4 is 35.2 Å². The zero-order chi connectivity index (χ0) is 18.5. The van der Waals surface area contributed by atoms with E-state index in [1.54, 1.807) is 13.3 Å². The fourth-order valence-corrected chi connectivity index (χ4v) is 2.87. The van der Waals surface area contributed by atoms with Gasteiger partial charge >= 0.3 is 5.97 Å². The highest BCUT2D eigenvalue weighted by atomic mass is 35.5. The summed E-state index contributed by atoms with van der Waals surface area (Å²) in [4.78, 5) is 17.7. The van der Waals surface area contributed by atoms with Gasteiger partial charge in [-0.3, -0.25) is 4.99 Å². The zero-order valence-electron chi connectivity index (χ0n) is 14.3. The number of ether oxygens (including phenoxy) is 2. The molecule has 0 bridgehead atoms. The number of benzene rings is 2. The van der Waals surface area contributed by atoms with Crippen LogP contribution in [0.25, 0.3) is 0 Å². The minimum Gasteiger partial charge on any atom is -0.496 e. The van der Waals surface area contributed by atoms with E-state index >= 15 is 0 Å². The number of carboxylic acids is 1. The molecule has 7 heteroatoms. The number of methoxy groups -OCH3 is 1. The molecule has 0 atom stereocenters. The number of halogens is 1. The largest absolute Gasteiger partial charge is 0.496 e. The molecular weight excluding hydrogens is 356 g/mol. The molecule has 2 aromatic rings. The highest BCUT2D eigenvalue weighted by molar-refractivity contribution is 6.33. The van der Waals surface area contributed by atoms with Crippen LogP contribution in [0.5, 0.6) is 5.75 Å². The first-order valence-electron chi connectivity index (χ1n) is 8.16. The van der Waals surface area contributed by atoms with Crippen LogP contribution >= 0.6 is 11.6 Å². The van der Waals surface area contributed by atoms with Crippen molar-refractivity contribution in [3.05, 3.63) is 52.5 Å². The third kappa shape index (κ3) is 4.15. The molecule has 0 amide bonds. The Kier molecular flexibility index (Phi) is 5.75. The standard InChI is InChI=1S/C19H19ClN2O4/c1-25-18-11-15(22-6-8-26-9-7-22)4-2-14(18)12-21-17-10-13(19(23)24)3-5-16(17)20/h2-5,10-12H,6-9H2,1H3,(H,23,24). The molecule has 0 spiro atoms. The first kappa shape index (κ1) is 18.2. The molecule has 26 heavy (non-hydrogen) atoms. The fraction of sp³-hybridized carbons (Fsp3) is 0.263. The maximum Gasteiger partial charge on any atom is 0.335 e. The molecule has 1 saturated heterocycles. The molecule has 1 heterocycles. The second-order valence-electron chi connectivity index (χ2n) is 5.76. The van der Waals surface area contributed by atoms with Crippen LogP contribution in [0.4, 0.5) is 11.4 Å². The molecule has 0 unspecified atom stereocenters. The third-order valence-corrected chi connectivity index (χ3v) is 4.45. The van der Waals surface area contributed by atoms with E-state index in [2.05, 4.69) is 9.89 Å². The van der Waals surface area contributed by atoms with E-state index in [1.807, 2.05) is 18.2 Å². The Morgan fingerprint density at radius 1 is 1.27 bits per heavy atom. The Bertz CT molecular complexity index is 832. The summed E-state index contributed by atoms with van der Waals surface area (Å²) in [6, 6.07) is 10.3. The van der Waals surface area contributed by atoms with Crippen molar-refractivity contribution in [2.24, 2.45) is 4.99 Å². The summed E-state index contributed by atoms with van der Waals surface area (Å²) in [5, 5.41) is 9.48. The van der Waals surface area contributed by atoms with Crippen LogP contribution in [-0.4, -0.2) is 50.7 Å². The smallest absolute Gasteiger partial charge is 0.335 e. The van der Waals surface area contributed by atoms with Crippen molar-refractivity contribution in [1.29, 1.82) is 0 Å². The average Bonchev–Trinajstić information content (AvgIpc) is 2.67. The summed E-state index contributed by atoms with van der Waals surface area (Å²) in [5.41, 5.74) is 2.37. The number of morpholine rings is 1. The molecule has 0 saturated carbocycles. The predicted octanol–water partition coefficient (Wildman–Crippen LogP) is 3.63. The van der Waals surface area contributed by atoms with Gasteiger partial charge in [0.05, 0.1) is 36.6 Å². The normalized spacial score (nSPS) is 14.6. The Labute approximate surface area is 156 Å². The molecule has 1 fully saturated rings. The van der Waals surface area contributed by atoms with Gasteiger partial charge in [-0.05, 0) is 30.3 Å². The SMILES string of the molecule is COc1cc(N2CCOCC2)ccc1C=Nc1cc(C(=O)O)ccc1Cl. The lowest BCUT2D eigenvalue weighted by Gasteiger charge is -2.29. The van der Waals surface area contributed by atoms with Crippen molar-refractivity contribution < 1.29 is 19.4 Å². The molecule has 6 nitrogen and oxygen atoms in total. The van der Waals surface area contributed by atoms with E-state index in [9.17, 15) is 4.79 Å². The van der Waals surface area contributed by atoms with Crippen LogP contribution in [0, 0.1) is 0 Å². The Morgan fingerprint density at radius 2 is 2.04 bits per heavy atom. The Hall–Kier alpha value is -2.57. The van der Waals surface area contributed by atoms with Gasteiger partial charge in [-0.25, -0.2) is 4.79 Å². The van der Waals surface area contributed by atoms with Crippen LogP contribution in [-0.2, 0) is 4.74 Å². The lowest BCUT2D eigenvalue weighted by Crippen LogP contribution is -2.36. The van der Waals surface area contributed by atoms with Gasteiger partial charge in [0, 0.05) is 36.6 Å². The molecule has 1 aliphatic rings. The number of aromatic carboxylic acids is 1. The van der Waals surface area contributed by atoms with Crippen molar-refractivity contribution in [1.82, 2.24) is 0 Å². The van der Waals surface area contributed by atoms with Crippen molar-refractivity contribution in [2.75, 3.05) is 38.3 Å². The van der Waals surface area contributed by atoms with Crippen molar-refractivity contribution in [2.45, 2.75) is 0 Å².